The zero-order valence-corrected chi connectivity index (χ0v) is 18.9. The summed E-state index contributed by atoms with van der Waals surface area (Å²) in [7, 11) is -1.10. The fourth-order valence-corrected chi connectivity index (χ4v) is 5.88. The molecule has 4 aromatic rings. The molecule has 0 saturated carbocycles. The van der Waals surface area contributed by atoms with E-state index in [2.05, 4.69) is 4.98 Å². The number of methoxy groups -OCH3 is 2. The Bertz CT molecular complexity index is 1510. The number of hydrogen-bond donors (Lipinski definition) is 0. The first-order valence-corrected chi connectivity index (χ1v) is 11.5. The van der Waals surface area contributed by atoms with Gasteiger partial charge in [0.2, 0.25) is 5.88 Å². The van der Waals surface area contributed by atoms with Gasteiger partial charge in [-0.15, -0.1) is 0 Å². The lowest BCUT2D eigenvalue weighted by Gasteiger charge is -2.26. The van der Waals surface area contributed by atoms with Crippen molar-refractivity contribution in [2.45, 2.75) is 17.4 Å². The lowest BCUT2D eigenvalue weighted by molar-refractivity contribution is 0.0162. The van der Waals surface area contributed by atoms with Gasteiger partial charge in [0.15, 0.2) is 5.60 Å². The Morgan fingerprint density at radius 2 is 1.76 bits per heavy atom. The highest BCUT2D eigenvalue weighted by Gasteiger charge is 2.48. The summed E-state index contributed by atoms with van der Waals surface area (Å²) in [4.78, 5) is 17.1. The van der Waals surface area contributed by atoms with Gasteiger partial charge in [-0.3, -0.25) is 0 Å². The van der Waals surface area contributed by atoms with Gasteiger partial charge in [0, 0.05) is 17.1 Å². The highest BCUT2D eigenvalue weighted by atomic mass is 32.2. The largest absolute Gasteiger partial charge is 0.497 e. The van der Waals surface area contributed by atoms with E-state index in [0.29, 0.717) is 22.2 Å². The number of rotatable bonds is 5. The molecule has 3 heterocycles. The second-order valence-electron chi connectivity index (χ2n) is 7.70. The van der Waals surface area contributed by atoms with Gasteiger partial charge in [0.1, 0.15) is 11.3 Å². The number of carbonyl (C=O) groups excluding carboxylic acids is 1. The summed E-state index contributed by atoms with van der Waals surface area (Å²) in [6.45, 7) is 1.67. The molecule has 1 aliphatic rings. The smallest absolute Gasteiger partial charge is 0.345 e. The number of benzene rings is 2. The Balaban J connectivity index is 1.86. The van der Waals surface area contributed by atoms with Crippen molar-refractivity contribution in [1.29, 1.82) is 0 Å². The minimum Gasteiger partial charge on any atom is -0.497 e. The molecule has 0 aliphatic carbocycles. The predicted octanol–water partition coefficient (Wildman–Crippen LogP) is 3.72. The molecule has 1 unspecified atom stereocenters. The third kappa shape index (κ3) is 3.00. The Morgan fingerprint density at radius 3 is 2.45 bits per heavy atom. The van der Waals surface area contributed by atoms with Gasteiger partial charge in [-0.2, -0.15) is 0 Å². The van der Waals surface area contributed by atoms with Gasteiger partial charge in [0.05, 0.1) is 30.3 Å². The van der Waals surface area contributed by atoms with E-state index in [1.54, 1.807) is 55.5 Å². The quantitative estimate of drug-likeness (QED) is 0.415. The van der Waals surface area contributed by atoms with Gasteiger partial charge >= 0.3 is 5.97 Å². The number of cyclic esters (lactones) is 1. The Labute approximate surface area is 190 Å². The normalized spacial score (nSPS) is 17.6. The minimum absolute atomic E-state index is 0.111. The molecule has 0 amide bonds. The van der Waals surface area contributed by atoms with Crippen LogP contribution in [0.15, 0.2) is 71.8 Å². The van der Waals surface area contributed by atoms with Crippen molar-refractivity contribution in [2.24, 2.45) is 0 Å². The second-order valence-corrected chi connectivity index (χ2v) is 9.49. The van der Waals surface area contributed by atoms with Crippen LogP contribution in [-0.4, -0.2) is 37.6 Å². The van der Waals surface area contributed by atoms with Crippen LogP contribution < -0.4 is 9.47 Å². The Hall–Kier alpha value is -3.85. The summed E-state index contributed by atoms with van der Waals surface area (Å²) >= 11 is 0. The van der Waals surface area contributed by atoms with Crippen molar-refractivity contribution < 1.29 is 27.4 Å². The molecule has 9 heteroatoms. The number of pyridine rings is 1. The van der Waals surface area contributed by atoms with Crippen LogP contribution in [0, 0.1) is 0 Å². The van der Waals surface area contributed by atoms with Crippen LogP contribution in [0.1, 0.15) is 28.5 Å². The second kappa shape index (κ2) is 7.35. The van der Waals surface area contributed by atoms with Crippen LogP contribution in [0.25, 0.3) is 10.9 Å². The third-order valence-corrected chi connectivity index (χ3v) is 7.60. The molecule has 0 N–H and O–H groups in total. The fraction of sp³-hybridized carbons (Fsp3) is 0.167. The highest BCUT2D eigenvalue weighted by molar-refractivity contribution is 7.90. The van der Waals surface area contributed by atoms with Gasteiger partial charge in [-0.1, -0.05) is 18.2 Å². The molecule has 2 aromatic heterocycles. The molecule has 5 rings (SSSR count). The lowest BCUT2D eigenvalue weighted by Crippen LogP contribution is -2.29. The molecule has 168 valence electrons. The first kappa shape index (κ1) is 21.0. The number of fused-ring (bicyclic) bond motifs is 2. The maximum absolute atomic E-state index is 13.9. The number of ether oxygens (including phenoxy) is 3. The maximum Gasteiger partial charge on any atom is 0.345 e. The zero-order valence-electron chi connectivity index (χ0n) is 18.1. The fourth-order valence-electron chi connectivity index (χ4n) is 4.26. The highest BCUT2D eigenvalue weighted by Crippen LogP contribution is 2.46. The van der Waals surface area contributed by atoms with E-state index < -0.39 is 21.6 Å². The number of carbonyl (C=O) groups is 1. The summed E-state index contributed by atoms with van der Waals surface area (Å²) < 4.78 is 45.4. The maximum atomic E-state index is 13.9. The molecule has 0 radical (unpaired) electrons. The monoisotopic (exact) mass is 464 g/mol. The van der Waals surface area contributed by atoms with Gasteiger partial charge in [0.25, 0.3) is 10.0 Å². The summed E-state index contributed by atoms with van der Waals surface area (Å²) in [5.41, 5.74) is -0.0551. The van der Waals surface area contributed by atoms with Crippen molar-refractivity contribution in [3.05, 3.63) is 83.7 Å². The van der Waals surface area contributed by atoms with Crippen molar-refractivity contribution in [3.8, 4) is 11.6 Å². The first-order valence-electron chi connectivity index (χ1n) is 10.1. The van der Waals surface area contributed by atoms with E-state index in [1.165, 1.54) is 36.5 Å². The van der Waals surface area contributed by atoms with Gasteiger partial charge < -0.3 is 14.2 Å². The molecule has 0 bridgehead atoms. The average molecular weight is 464 g/mol. The van der Waals surface area contributed by atoms with Crippen molar-refractivity contribution in [3.63, 3.8) is 0 Å². The number of esters is 1. The molecular weight excluding hydrogens is 444 g/mol. The van der Waals surface area contributed by atoms with Crippen LogP contribution in [0.3, 0.4) is 0 Å². The lowest BCUT2D eigenvalue weighted by atomic mass is 9.92. The van der Waals surface area contributed by atoms with E-state index >= 15 is 0 Å². The molecule has 0 spiro atoms. The average Bonchev–Trinajstić information content (AvgIpc) is 3.35. The molecule has 1 atom stereocenters. The summed E-state index contributed by atoms with van der Waals surface area (Å²) in [5, 5.41) is 0.621. The van der Waals surface area contributed by atoms with Crippen molar-refractivity contribution in [2.75, 3.05) is 14.2 Å². The summed E-state index contributed by atoms with van der Waals surface area (Å²) in [6, 6.07) is 16.6. The SMILES string of the molecule is COc1ccc2c(c1)cc(C1(C)OC(=O)c3c1ccnc3OC)n2S(=O)(=O)c1ccccc1. The van der Waals surface area contributed by atoms with Crippen LogP contribution in [0.4, 0.5) is 0 Å². The topological polar surface area (TPSA) is 96.7 Å². The molecular formula is C24H20N2O6S. The molecule has 0 fully saturated rings. The molecule has 8 nitrogen and oxygen atoms in total. The zero-order chi connectivity index (χ0) is 23.4. The van der Waals surface area contributed by atoms with Crippen LogP contribution in [0.5, 0.6) is 11.6 Å². The molecule has 33 heavy (non-hydrogen) atoms. The third-order valence-electron chi connectivity index (χ3n) is 5.86. The van der Waals surface area contributed by atoms with E-state index in [0.717, 1.165) is 0 Å². The van der Waals surface area contributed by atoms with Crippen LogP contribution in [0.2, 0.25) is 0 Å². The Morgan fingerprint density at radius 1 is 1.00 bits per heavy atom. The van der Waals surface area contributed by atoms with Crippen molar-refractivity contribution in [1.82, 2.24) is 8.96 Å². The minimum atomic E-state index is -4.05. The number of aromatic nitrogens is 2. The van der Waals surface area contributed by atoms with E-state index in [1.807, 2.05) is 0 Å². The molecule has 2 aromatic carbocycles. The number of hydrogen-bond acceptors (Lipinski definition) is 7. The molecule has 0 saturated heterocycles. The van der Waals surface area contributed by atoms with Crippen molar-refractivity contribution >= 4 is 26.9 Å². The predicted molar refractivity (Wildman–Crippen MR) is 120 cm³/mol. The molecule has 1 aliphatic heterocycles. The number of nitrogens with zero attached hydrogens (tertiary/aromatic N) is 2. The van der Waals surface area contributed by atoms with E-state index in [9.17, 15) is 13.2 Å². The van der Waals surface area contributed by atoms with E-state index in [-0.39, 0.29) is 22.0 Å². The van der Waals surface area contributed by atoms with Gasteiger partial charge in [-0.25, -0.2) is 22.2 Å². The van der Waals surface area contributed by atoms with E-state index in [4.69, 9.17) is 14.2 Å². The summed E-state index contributed by atoms with van der Waals surface area (Å²) in [6.07, 6.45) is 1.50. The van der Waals surface area contributed by atoms with Crippen LogP contribution in [-0.2, 0) is 20.4 Å². The van der Waals surface area contributed by atoms with Gasteiger partial charge in [-0.05, 0) is 49.4 Å². The standard InChI is InChI=1S/C24H20N2O6S/c1-24(18-11-12-25-22(31-3)21(18)23(27)32-24)20-14-15-13-16(30-2)9-10-19(15)26(20)33(28,29)17-7-5-4-6-8-17/h4-14H,1-3H3. The first-order chi connectivity index (χ1) is 15.8. The van der Waals surface area contributed by atoms with Crippen LogP contribution >= 0.6 is 0 Å². The summed E-state index contributed by atoms with van der Waals surface area (Å²) in [5.74, 6) is 0.0589. The Kier molecular flexibility index (Phi) is 4.68.